The third kappa shape index (κ3) is 3.87. The van der Waals surface area contributed by atoms with Crippen molar-refractivity contribution in [2.24, 2.45) is 0 Å². The topological polar surface area (TPSA) is 82.3 Å². The summed E-state index contributed by atoms with van der Waals surface area (Å²) < 4.78 is 7.62. The molecule has 1 aromatic heterocycles. The van der Waals surface area contributed by atoms with E-state index in [1.807, 2.05) is 0 Å². The van der Waals surface area contributed by atoms with Crippen LogP contribution in [-0.2, 0) is 11.3 Å². The number of amides is 1. The number of para-hydroxylation sites is 2. The van der Waals surface area contributed by atoms with Crippen molar-refractivity contribution in [1.29, 1.82) is 0 Å². The zero-order valence-electron chi connectivity index (χ0n) is 14.8. The first-order chi connectivity index (χ1) is 12.6. The summed E-state index contributed by atoms with van der Waals surface area (Å²) in [6, 6.07) is 7.11. The normalized spacial score (nSPS) is 14.8. The molecule has 1 N–H and O–H groups in total. The van der Waals surface area contributed by atoms with Gasteiger partial charge in [0.1, 0.15) is 12.3 Å². The highest BCUT2D eigenvalue weighted by molar-refractivity contribution is 5.76. The summed E-state index contributed by atoms with van der Waals surface area (Å²) >= 11 is 0. The zero-order valence-corrected chi connectivity index (χ0v) is 14.8. The van der Waals surface area contributed by atoms with Crippen LogP contribution in [0.15, 0.2) is 46.2 Å². The predicted molar refractivity (Wildman–Crippen MR) is 97.9 cm³/mol. The van der Waals surface area contributed by atoms with Crippen LogP contribution in [0.5, 0.6) is 5.75 Å². The summed E-state index contributed by atoms with van der Waals surface area (Å²) in [5.74, 6) is 0.246. The van der Waals surface area contributed by atoms with Crippen LogP contribution in [0.3, 0.4) is 0 Å². The molecule has 2 aromatic rings. The molecule has 0 saturated heterocycles. The molecule has 7 nitrogen and oxygen atoms in total. The Labute approximate surface area is 151 Å². The summed E-state index contributed by atoms with van der Waals surface area (Å²) in [5, 5.41) is 2.95. The molecule has 7 heteroatoms. The Bertz CT molecular complexity index is 894. The highest BCUT2D eigenvalue weighted by atomic mass is 16.5. The predicted octanol–water partition coefficient (Wildman–Crippen LogP) is 1.46. The number of benzene rings is 1. The number of hydrogen-bond acceptors (Lipinski definition) is 4. The van der Waals surface area contributed by atoms with Crippen LogP contribution >= 0.6 is 0 Å². The lowest BCUT2D eigenvalue weighted by Crippen LogP contribution is -2.44. The number of nitrogens with one attached hydrogen (secondary N) is 1. The molecule has 1 heterocycles. The molecular formula is C19H23N3O4. The average Bonchev–Trinajstić information content (AvgIpc) is 2.66. The van der Waals surface area contributed by atoms with Crippen molar-refractivity contribution in [1.82, 2.24) is 14.5 Å². The fourth-order valence-electron chi connectivity index (χ4n) is 3.33. The number of ether oxygens (including phenoxy) is 1. The molecule has 1 saturated carbocycles. The zero-order chi connectivity index (χ0) is 18.5. The van der Waals surface area contributed by atoms with Crippen molar-refractivity contribution in [2.75, 3.05) is 7.11 Å². The third-order valence-corrected chi connectivity index (χ3v) is 4.69. The van der Waals surface area contributed by atoms with Crippen LogP contribution in [0.25, 0.3) is 5.69 Å². The number of nitrogens with zero attached hydrogens (tertiary/aromatic N) is 2. The molecule has 3 rings (SSSR count). The van der Waals surface area contributed by atoms with Crippen molar-refractivity contribution >= 4 is 5.91 Å². The highest BCUT2D eigenvalue weighted by Crippen LogP contribution is 2.20. The van der Waals surface area contributed by atoms with E-state index in [4.69, 9.17) is 4.74 Å². The first-order valence-electron chi connectivity index (χ1n) is 8.85. The minimum absolute atomic E-state index is 0.155. The van der Waals surface area contributed by atoms with E-state index in [9.17, 15) is 14.4 Å². The second kappa shape index (κ2) is 8.03. The molecule has 1 amide bonds. The van der Waals surface area contributed by atoms with E-state index in [-0.39, 0.29) is 18.5 Å². The van der Waals surface area contributed by atoms with Crippen molar-refractivity contribution in [3.05, 3.63) is 57.4 Å². The van der Waals surface area contributed by atoms with Crippen LogP contribution in [0.1, 0.15) is 32.1 Å². The van der Waals surface area contributed by atoms with Crippen LogP contribution in [0.4, 0.5) is 0 Å². The second-order valence-corrected chi connectivity index (χ2v) is 6.48. The lowest BCUT2D eigenvalue weighted by molar-refractivity contribution is -0.122. The Morgan fingerprint density at radius 3 is 2.58 bits per heavy atom. The highest BCUT2D eigenvalue weighted by Gasteiger charge is 2.17. The number of rotatable bonds is 5. The van der Waals surface area contributed by atoms with Gasteiger partial charge in [0.15, 0.2) is 0 Å². The largest absolute Gasteiger partial charge is 0.495 e. The number of aromatic nitrogens is 2. The van der Waals surface area contributed by atoms with Crippen LogP contribution in [0.2, 0.25) is 0 Å². The van der Waals surface area contributed by atoms with Gasteiger partial charge in [0.05, 0.1) is 12.8 Å². The minimum Gasteiger partial charge on any atom is -0.495 e. The Hall–Kier alpha value is -2.83. The number of methoxy groups -OCH3 is 1. The van der Waals surface area contributed by atoms with Crippen LogP contribution in [-0.4, -0.2) is 28.2 Å². The van der Waals surface area contributed by atoms with Crippen molar-refractivity contribution < 1.29 is 9.53 Å². The Balaban J connectivity index is 1.80. The standard InChI is InChI=1S/C19H23N3O4/c1-26-16-10-6-5-9-15(16)22-12-11-21(18(24)19(22)25)13-17(23)20-14-7-3-2-4-8-14/h5-6,9-12,14H,2-4,7-8,13H2,1H3,(H,20,23). The maximum atomic E-state index is 12.5. The molecule has 0 unspecified atom stereocenters. The maximum Gasteiger partial charge on any atom is 0.321 e. The SMILES string of the molecule is COc1ccccc1-n1ccn(CC(=O)NC2CCCCC2)c(=O)c1=O. The van der Waals surface area contributed by atoms with Gasteiger partial charge in [-0.1, -0.05) is 31.4 Å². The molecular weight excluding hydrogens is 334 g/mol. The van der Waals surface area contributed by atoms with Crippen molar-refractivity contribution in [3.63, 3.8) is 0 Å². The molecule has 1 aliphatic carbocycles. The van der Waals surface area contributed by atoms with E-state index >= 15 is 0 Å². The quantitative estimate of drug-likeness (QED) is 0.822. The summed E-state index contributed by atoms with van der Waals surface area (Å²) in [6.07, 6.45) is 8.30. The summed E-state index contributed by atoms with van der Waals surface area (Å²) in [7, 11) is 1.50. The Morgan fingerprint density at radius 1 is 1.12 bits per heavy atom. The van der Waals surface area contributed by atoms with Crippen LogP contribution < -0.4 is 21.2 Å². The summed E-state index contributed by atoms with van der Waals surface area (Å²) in [5.41, 5.74) is -0.976. The van der Waals surface area contributed by atoms with E-state index in [0.717, 1.165) is 30.3 Å². The van der Waals surface area contributed by atoms with Gasteiger partial charge in [-0.05, 0) is 25.0 Å². The summed E-state index contributed by atoms with van der Waals surface area (Å²) in [6.45, 7) is -0.155. The smallest absolute Gasteiger partial charge is 0.321 e. The average molecular weight is 357 g/mol. The Kier molecular flexibility index (Phi) is 5.55. The molecule has 0 bridgehead atoms. The number of carbonyl (C=O) groups excluding carboxylic acids is 1. The van der Waals surface area contributed by atoms with Gasteiger partial charge >= 0.3 is 11.1 Å². The second-order valence-electron chi connectivity index (χ2n) is 6.48. The van der Waals surface area contributed by atoms with Gasteiger partial charge in [-0.15, -0.1) is 0 Å². The lowest BCUT2D eigenvalue weighted by atomic mass is 9.95. The van der Waals surface area contributed by atoms with E-state index in [0.29, 0.717) is 11.4 Å². The molecule has 1 aromatic carbocycles. The number of carbonyl (C=O) groups is 1. The molecule has 0 aliphatic heterocycles. The molecule has 1 aliphatic rings. The fourth-order valence-corrected chi connectivity index (χ4v) is 3.33. The maximum absolute atomic E-state index is 12.5. The van der Waals surface area contributed by atoms with E-state index in [1.54, 1.807) is 24.3 Å². The molecule has 0 spiro atoms. The van der Waals surface area contributed by atoms with Gasteiger partial charge < -0.3 is 10.1 Å². The Morgan fingerprint density at radius 2 is 1.85 bits per heavy atom. The molecule has 0 radical (unpaired) electrons. The minimum atomic E-state index is -0.739. The van der Waals surface area contributed by atoms with E-state index in [2.05, 4.69) is 5.32 Å². The van der Waals surface area contributed by atoms with Gasteiger partial charge in [0.2, 0.25) is 5.91 Å². The van der Waals surface area contributed by atoms with Gasteiger partial charge in [0, 0.05) is 18.4 Å². The van der Waals surface area contributed by atoms with Gasteiger partial charge in [0.25, 0.3) is 0 Å². The van der Waals surface area contributed by atoms with Crippen molar-refractivity contribution in [2.45, 2.75) is 44.7 Å². The monoisotopic (exact) mass is 357 g/mol. The third-order valence-electron chi connectivity index (χ3n) is 4.69. The number of hydrogen-bond donors (Lipinski definition) is 1. The first kappa shape index (κ1) is 18.0. The van der Waals surface area contributed by atoms with Gasteiger partial charge in [-0.2, -0.15) is 0 Å². The van der Waals surface area contributed by atoms with E-state index in [1.165, 1.54) is 30.5 Å². The fraction of sp³-hybridized carbons (Fsp3) is 0.421. The molecule has 138 valence electrons. The van der Waals surface area contributed by atoms with Gasteiger partial charge in [-0.3, -0.25) is 23.5 Å². The van der Waals surface area contributed by atoms with Gasteiger partial charge in [-0.25, -0.2) is 0 Å². The molecule has 26 heavy (non-hydrogen) atoms. The first-order valence-corrected chi connectivity index (χ1v) is 8.85. The molecule has 0 atom stereocenters. The lowest BCUT2D eigenvalue weighted by Gasteiger charge is -2.22. The van der Waals surface area contributed by atoms with E-state index < -0.39 is 11.1 Å². The molecule has 1 fully saturated rings. The van der Waals surface area contributed by atoms with Crippen LogP contribution in [0, 0.1) is 0 Å². The summed E-state index contributed by atoms with van der Waals surface area (Å²) in [4.78, 5) is 37.1. The van der Waals surface area contributed by atoms with Crippen molar-refractivity contribution in [3.8, 4) is 11.4 Å².